The molecular formula is C14H20Cl2N2. The highest BCUT2D eigenvalue weighted by atomic mass is 35.5. The third kappa shape index (κ3) is 3.61. The summed E-state index contributed by atoms with van der Waals surface area (Å²) in [7, 11) is 0. The predicted octanol–water partition coefficient (Wildman–Crippen LogP) is 3.35. The average Bonchev–Trinajstić information content (AvgIpc) is 2.30. The van der Waals surface area contributed by atoms with Crippen molar-refractivity contribution in [3.63, 3.8) is 0 Å². The number of hydrogen-bond acceptors (Lipinski definition) is 2. The van der Waals surface area contributed by atoms with Crippen molar-refractivity contribution in [1.82, 2.24) is 4.90 Å². The number of hydrogen-bond donors (Lipinski definition) is 1. The molecule has 0 aliphatic carbocycles. The topological polar surface area (TPSA) is 29.3 Å². The molecule has 2 unspecified atom stereocenters. The molecule has 0 spiro atoms. The van der Waals surface area contributed by atoms with E-state index in [-0.39, 0.29) is 0 Å². The van der Waals surface area contributed by atoms with Gasteiger partial charge in [-0.3, -0.25) is 0 Å². The van der Waals surface area contributed by atoms with Crippen LogP contribution in [-0.2, 0) is 6.42 Å². The van der Waals surface area contributed by atoms with Crippen LogP contribution < -0.4 is 5.73 Å². The summed E-state index contributed by atoms with van der Waals surface area (Å²) < 4.78 is 0. The molecule has 100 valence electrons. The first-order valence-corrected chi connectivity index (χ1v) is 7.25. The highest BCUT2D eigenvalue weighted by Gasteiger charge is 2.22. The van der Waals surface area contributed by atoms with Crippen molar-refractivity contribution in [1.29, 1.82) is 0 Å². The van der Waals surface area contributed by atoms with Crippen molar-refractivity contribution >= 4 is 23.2 Å². The molecule has 0 saturated carbocycles. The normalized spacial score (nSPS) is 25.3. The van der Waals surface area contributed by atoms with E-state index in [1.54, 1.807) is 0 Å². The first-order valence-electron chi connectivity index (χ1n) is 6.50. The minimum atomic E-state index is 0.371. The number of piperidine rings is 1. The predicted molar refractivity (Wildman–Crippen MR) is 78.4 cm³/mol. The van der Waals surface area contributed by atoms with Crippen LogP contribution in [-0.4, -0.2) is 30.1 Å². The number of rotatable bonds is 3. The van der Waals surface area contributed by atoms with Gasteiger partial charge in [-0.25, -0.2) is 0 Å². The Morgan fingerprint density at radius 1 is 1.39 bits per heavy atom. The van der Waals surface area contributed by atoms with Gasteiger partial charge in [-0.2, -0.15) is 0 Å². The van der Waals surface area contributed by atoms with Crippen molar-refractivity contribution in [2.24, 2.45) is 5.73 Å². The second kappa shape index (κ2) is 6.25. The van der Waals surface area contributed by atoms with Crippen LogP contribution in [0.3, 0.4) is 0 Å². The number of nitrogens with zero attached hydrogens (tertiary/aromatic N) is 1. The average molecular weight is 287 g/mol. The van der Waals surface area contributed by atoms with Crippen molar-refractivity contribution < 1.29 is 0 Å². The number of nitrogens with two attached hydrogens (primary N) is 1. The molecule has 2 rings (SSSR count). The maximum absolute atomic E-state index is 6.18. The molecule has 1 heterocycles. The molecule has 1 aromatic carbocycles. The van der Waals surface area contributed by atoms with Crippen LogP contribution in [0.2, 0.25) is 10.0 Å². The minimum Gasteiger partial charge on any atom is -0.328 e. The monoisotopic (exact) mass is 286 g/mol. The second-order valence-corrected chi connectivity index (χ2v) is 6.00. The van der Waals surface area contributed by atoms with Gasteiger partial charge in [0, 0.05) is 28.7 Å². The molecule has 1 aromatic rings. The lowest BCUT2D eigenvalue weighted by molar-refractivity contribution is 0.149. The fourth-order valence-corrected chi connectivity index (χ4v) is 3.08. The van der Waals surface area contributed by atoms with Crippen LogP contribution in [0.4, 0.5) is 0 Å². The van der Waals surface area contributed by atoms with Crippen LogP contribution in [0.5, 0.6) is 0 Å². The fraction of sp³-hybridized carbons (Fsp3) is 0.571. The quantitative estimate of drug-likeness (QED) is 0.923. The van der Waals surface area contributed by atoms with Gasteiger partial charge in [-0.1, -0.05) is 29.3 Å². The van der Waals surface area contributed by atoms with E-state index in [2.05, 4.69) is 11.8 Å². The maximum Gasteiger partial charge on any atom is 0.0453 e. The number of benzene rings is 1. The smallest absolute Gasteiger partial charge is 0.0453 e. The zero-order chi connectivity index (χ0) is 13.1. The number of likely N-dealkylation sites (tertiary alicyclic amines) is 1. The Kier molecular flexibility index (Phi) is 4.91. The Labute approximate surface area is 119 Å². The standard InChI is InChI=1S/C14H20Cl2N2/c1-10-8-13(17)5-7-18(10)6-4-11-2-3-12(15)9-14(11)16/h2-3,9-10,13H,4-8,17H2,1H3. The van der Waals surface area contributed by atoms with Crippen LogP contribution in [0, 0.1) is 0 Å². The summed E-state index contributed by atoms with van der Waals surface area (Å²) >= 11 is 12.1. The molecule has 1 aliphatic heterocycles. The van der Waals surface area contributed by atoms with Gasteiger partial charge >= 0.3 is 0 Å². The maximum atomic E-state index is 6.18. The van der Waals surface area contributed by atoms with Crippen molar-refractivity contribution in [3.8, 4) is 0 Å². The van der Waals surface area contributed by atoms with E-state index in [4.69, 9.17) is 28.9 Å². The molecule has 0 amide bonds. The molecule has 4 heteroatoms. The van der Waals surface area contributed by atoms with E-state index in [0.29, 0.717) is 17.1 Å². The van der Waals surface area contributed by atoms with Crippen LogP contribution in [0.15, 0.2) is 18.2 Å². The van der Waals surface area contributed by atoms with Gasteiger partial charge in [0.1, 0.15) is 0 Å². The summed E-state index contributed by atoms with van der Waals surface area (Å²) in [6, 6.07) is 6.67. The van der Waals surface area contributed by atoms with E-state index >= 15 is 0 Å². The Hall–Kier alpha value is -0.280. The molecular weight excluding hydrogens is 267 g/mol. The first-order chi connectivity index (χ1) is 8.56. The lowest BCUT2D eigenvalue weighted by Crippen LogP contribution is -2.46. The molecule has 18 heavy (non-hydrogen) atoms. The SMILES string of the molecule is CC1CC(N)CCN1CCc1ccc(Cl)cc1Cl. The van der Waals surface area contributed by atoms with Gasteiger partial charge in [-0.15, -0.1) is 0 Å². The van der Waals surface area contributed by atoms with Crippen LogP contribution in [0.1, 0.15) is 25.3 Å². The van der Waals surface area contributed by atoms with Crippen molar-refractivity contribution in [3.05, 3.63) is 33.8 Å². The van der Waals surface area contributed by atoms with E-state index in [9.17, 15) is 0 Å². The summed E-state index contributed by atoms with van der Waals surface area (Å²) in [5, 5.41) is 1.46. The highest BCUT2D eigenvalue weighted by Crippen LogP contribution is 2.23. The number of halogens is 2. The summed E-state index contributed by atoms with van der Waals surface area (Å²) in [5.74, 6) is 0. The van der Waals surface area contributed by atoms with E-state index in [0.717, 1.165) is 37.4 Å². The Bertz CT molecular complexity index is 409. The van der Waals surface area contributed by atoms with Crippen molar-refractivity contribution in [2.75, 3.05) is 13.1 Å². The molecule has 2 N–H and O–H groups in total. The van der Waals surface area contributed by atoms with E-state index in [1.165, 1.54) is 5.56 Å². The van der Waals surface area contributed by atoms with Crippen LogP contribution in [0.25, 0.3) is 0 Å². The lowest BCUT2D eigenvalue weighted by atomic mass is 9.98. The van der Waals surface area contributed by atoms with Gasteiger partial charge in [-0.05, 0) is 50.4 Å². The Morgan fingerprint density at radius 2 is 2.17 bits per heavy atom. The van der Waals surface area contributed by atoms with Gasteiger partial charge in [0.25, 0.3) is 0 Å². The lowest BCUT2D eigenvalue weighted by Gasteiger charge is -2.36. The Morgan fingerprint density at radius 3 is 2.83 bits per heavy atom. The first kappa shape index (κ1) is 14.1. The zero-order valence-corrected chi connectivity index (χ0v) is 12.2. The third-order valence-corrected chi connectivity index (χ3v) is 4.32. The van der Waals surface area contributed by atoms with Crippen LogP contribution >= 0.6 is 23.2 Å². The zero-order valence-electron chi connectivity index (χ0n) is 10.7. The summed E-state index contributed by atoms with van der Waals surface area (Å²) in [4.78, 5) is 2.49. The molecule has 0 bridgehead atoms. The van der Waals surface area contributed by atoms with Gasteiger partial charge < -0.3 is 10.6 Å². The third-order valence-electron chi connectivity index (χ3n) is 3.74. The van der Waals surface area contributed by atoms with E-state index in [1.807, 2.05) is 18.2 Å². The van der Waals surface area contributed by atoms with Crippen molar-refractivity contribution in [2.45, 2.75) is 38.3 Å². The van der Waals surface area contributed by atoms with Gasteiger partial charge in [0.2, 0.25) is 0 Å². The molecule has 1 saturated heterocycles. The minimum absolute atomic E-state index is 0.371. The second-order valence-electron chi connectivity index (χ2n) is 5.16. The molecule has 0 radical (unpaired) electrons. The molecule has 2 atom stereocenters. The van der Waals surface area contributed by atoms with E-state index < -0.39 is 0 Å². The van der Waals surface area contributed by atoms with Gasteiger partial charge in [0.05, 0.1) is 0 Å². The molecule has 2 nitrogen and oxygen atoms in total. The highest BCUT2D eigenvalue weighted by molar-refractivity contribution is 6.35. The molecule has 0 aromatic heterocycles. The summed E-state index contributed by atoms with van der Waals surface area (Å²) in [6.45, 7) is 4.38. The molecule has 1 aliphatic rings. The molecule has 1 fully saturated rings. The largest absolute Gasteiger partial charge is 0.328 e. The Balaban J connectivity index is 1.91. The fourth-order valence-electron chi connectivity index (χ4n) is 2.58. The summed E-state index contributed by atoms with van der Waals surface area (Å²) in [6.07, 6.45) is 3.16. The summed E-state index contributed by atoms with van der Waals surface area (Å²) in [5.41, 5.74) is 7.14. The van der Waals surface area contributed by atoms with Gasteiger partial charge in [0.15, 0.2) is 0 Å².